The number of Topliss-reactive ketones (excluding diaryl/α,β-unsaturated/α-hetero) is 1. The van der Waals surface area contributed by atoms with E-state index < -0.39 is 5.97 Å². The van der Waals surface area contributed by atoms with Crippen molar-refractivity contribution < 1.29 is 29.3 Å². The molecule has 0 bridgehead atoms. The van der Waals surface area contributed by atoms with E-state index in [9.17, 15) is 4.79 Å². The van der Waals surface area contributed by atoms with Gasteiger partial charge in [-0.2, -0.15) is 67.5 Å². The largest absolute Gasteiger partial charge is 0.481 e. The summed E-state index contributed by atoms with van der Waals surface area (Å²) in [6.45, 7) is 47.0. The number of aliphatic hydroxyl groups excluding tert-OH is 1. The van der Waals surface area contributed by atoms with E-state index in [-0.39, 0.29) is 85.3 Å². The predicted molar refractivity (Wildman–Crippen MR) is 283 cm³/mol. The van der Waals surface area contributed by atoms with Crippen LogP contribution in [0.25, 0.3) is 0 Å². The van der Waals surface area contributed by atoms with E-state index in [4.69, 9.17) is 24.5 Å². The first-order valence-corrected chi connectivity index (χ1v) is 20.4. The molecule has 6 nitrogen and oxygen atoms in total. The van der Waals surface area contributed by atoms with Crippen LogP contribution >= 0.6 is 67.5 Å². The van der Waals surface area contributed by atoms with E-state index in [2.05, 4.69) is 102 Å². The van der Waals surface area contributed by atoms with Crippen molar-refractivity contribution in [3.05, 3.63) is 24.3 Å². The zero-order valence-corrected chi connectivity index (χ0v) is 46.8. The van der Waals surface area contributed by atoms with Gasteiger partial charge < -0.3 is 19.7 Å². The maximum absolute atomic E-state index is 10.1. The van der Waals surface area contributed by atoms with Crippen LogP contribution in [0.4, 0.5) is 0 Å². The highest BCUT2D eigenvalue weighted by atomic mass is 32.1. The number of ketones is 1. The van der Waals surface area contributed by atoms with Crippen LogP contribution in [-0.4, -0.2) is 53.5 Å². The first-order valence-electron chi connectivity index (χ1n) is 20.4. The van der Waals surface area contributed by atoms with E-state index in [1.54, 1.807) is 21.0 Å². The monoisotopic (exact) mass is 915 g/mol. The predicted octanol–water partition coefficient (Wildman–Crippen LogP) is 13.8. The molecular weight excluding hydrogens is 809 g/mol. The Labute approximate surface area is 393 Å². The van der Waals surface area contributed by atoms with Crippen LogP contribution in [0, 0.1) is 59.2 Å². The summed E-state index contributed by atoms with van der Waals surface area (Å²) < 4.78 is 10.2. The number of methoxy groups -OCH3 is 1. The van der Waals surface area contributed by atoms with E-state index in [0.717, 1.165) is 48.3 Å². The molecule has 1 saturated heterocycles. The van der Waals surface area contributed by atoms with Crippen molar-refractivity contribution in [2.24, 2.45) is 59.2 Å². The number of hydrogen-bond acceptors (Lipinski definition) is 5. The van der Waals surface area contributed by atoms with Gasteiger partial charge in [-0.1, -0.05) is 128 Å². The maximum atomic E-state index is 10.1. The molecule has 0 radical (unpaired) electrons. The molecule has 2 N–H and O–H groups in total. The van der Waals surface area contributed by atoms with Crippen molar-refractivity contribution in [1.29, 1.82) is 0 Å². The van der Waals surface area contributed by atoms with Gasteiger partial charge in [-0.15, -0.1) is 0 Å². The van der Waals surface area contributed by atoms with Crippen LogP contribution in [0.2, 0.25) is 0 Å². The molecule has 2 saturated carbocycles. The molecule has 1 heterocycles. The minimum atomic E-state index is -0.833. The van der Waals surface area contributed by atoms with Gasteiger partial charge in [0, 0.05) is 20.0 Å². The Morgan fingerprint density at radius 1 is 0.632 bits per heavy atom. The fraction of sp³-hybridized carbons (Fsp3) is 0.870. The van der Waals surface area contributed by atoms with Crippen molar-refractivity contribution in [2.45, 2.75) is 197 Å². The summed E-state index contributed by atoms with van der Waals surface area (Å²) in [5.41, 5.74) is 0. The lowest BCUT2D eigenvalue weighted by Gasteiger charge is -2.11. The summed E-state index contributed by atoms with van der Waals surface area (Å²) >= 11 is 0. The third kappa shape index (κ3) is 84.5. The van der Waals surface area contributed by atoms with Crippen molar-refractivity contribution in [1.82, 2.24) is 0 Å². The molecule has 356 valence electrons. The molecule has 3 rings (SSSR count). The van der Waals surface area contributed by atoms with Crippen molar-refractivity contribution in [2.75, 3.05) is 7.11 Å². The molecule has 8 atom stereocenters. The van der Waals surface area contributed by atoms with Crippen LogP contribution < -0.4 is 0 Å². The second-order valence-electron chi connectivity index (χ2n) is 16.8. The quantitative estimate of drug-likeness (QED) is 0.195. The zero-order chi connectivity index (χ0) is 42.9. The van der Waals surface area contributed by atoms with Crippen LogP contribution in [-0.2, 0) is 19.1 Å². The molecule has 0 spiro atoms. The molecule has 0 aromatic rings. The number of aliphatic hydroxyl groups is 1. The summed E-state index contributed by atoms with van der Waals surface area (Å²) in [5, 5.41) is 16.0. The van der Waals surface area contributed by atoms with Gasteiger partial charge in [0.25, 0.3) is 5.97 Å². The van der Waals surface area contributed by atoms with E-state index in [0.29, 0.717) is 30.1 Å². The van der Waals surface area contributed by atoms with Gasteiger partial charge >= 0.3 is 0 Å². The lowest BCUT2D eigenvalue weighted by molar-refractivity contribution is -0.134. The molecule has 0 aromatic carbocycles. The molecule has 57 heavy (non-hydrogen) atoms. The van der Waals surface area contributed by atoms with Gasteiger partial charge in [-0.3, -0.25) is 9.59 Å². The Morgan fingerprint density at radius 2 is 0.912 bits per heavy atom. The number of epoxide rings is 1. The second kappa shape index (κ2) is 54.3. The third-order valence-corrected chi connectivity index (χ3v) is 8.95. The smallest absolute Gasteiger partial charge is 0.300 e. The van der Waals surface area contributed by atoms with Crippen LogP contribution in [0.5, 0.6) is 0 Å². The zero-order valence-electron chi connectivity index (χ0n) is 41.8. The number of allylic oxidation sites excluding steroid dienone is 4. The van der Waals surface area contributed by atoms with Crippen LogP contribution in [0.15, 0.2) is 24.3 Å². The van der Waals surface area contributed by atoms with Gasteiger partial charge in [0.05, 0.1) is 24.4 Å². The Balaban J connectivity index is -0.0000000462. The first-order chi connectivity index (χ1) is 23.6. The number of ether oxygens (including phenoxy) is 2. The van der Waals surface area contributed by atoms with Crippen molar-refractivity contribution in [3.63, 3.8) is 0 Å². The summed E-state index contributed by atoms with van der Waals surface area (Å²) in [5.74, 6) is 7.28. The summed E-state index contributed by atoms with van der Waals surface area (Å²) in [4.78, 5) is 19.1. The number of aliphatic carboxylic acids is 1. The highest BCUT2D eigenvalue weighted by molar-refractivity contribution is 7.60. The number of carboxylic acids is 1. The first kappa shape index (κ1) is 84.7. The van der Waals surface area contributed by atoms with Gasteiger partial charge in [0.2, 0.25) is 0 Å². The van der Waals surface area contributed by atoms with E-state index >= 15 is 0 Å². The number of carboxylic acid groups (broad SMARTS) is 1. The Kier molecular flexibility index (Phi) is 80.6. The lowest BCUT2D eigenvalue weighted by atomic mass is 10.1. The van der Waals surface area contributed by atoms with Crippen LogP contribution in [0.1, 0.15) is 172 Å². The standard InChI is InChI=1S/C7H14.C6H12O.C6H14O.C6H12.C5H12O.C5H10O.C5H10.C4H8.C2H4O2.5H2S/c1-5(2)7-4-6(7)3;1-4(2)6-5(3)7-6;1-5(2)6(3)7-4;1-4-5-6(2)3;2*1-4(2)5(3)6;1-4-3-5(4)2;1-3-4-2;1-2(3)4;;;;;/h5-7H,4H2,1-3H3;4-6H,1-3H3;5-6H,1-4H3;2*4-6H,1-3H3;4H,1-3H3;4-5H,3H2,1-2H3;3-4H,1-2H3;1H3,(H,3,4);5*1H2/t6-,7?;5-,6?;6-;;5-;;4-,5+;;;;;;;/m010.0........./s1. The fourth-order valence-corrected chi connectivity index (χ4v) is 3.35. The normalized spacial score (nSPS) is 20.8. The lowest BCUT2D eigenvalue weighted by Crippen LogP contribution is -2.11. The summed E-state index contributed by atoms with van der Waals surface area (Å²) in [7, 11) is 1.74. The van der Waals surface area contributed by atoms with Gasteiger partial charge in [-0.25, -0.2) is 0 Å². The van der Waals surface area contributed by atoms with Gasteiger partial charge in [-0.05, 0) is 115 Å². The van der Waals surface area contributed by atoms with Gasteiger partial charge in [0.1, 0.15) is 5.78 Å². The minimum Gasteiger partial charge on any atom is -0.481 e. The van der Waals surface area contributed by atoms with E-state index in [1.165, 1.54) is 12.8 Å². The van der Waals surface area contributed by atoms with Crippen LogP contribution in [0.3, 0.4) is 0 Å². The number of rotatable bonds is 7. The highest BCUT2D eigenvalue weighted by Crippen LogP contribution is 2.43. The topological polar surface area (TPSA) is 96.4 Å². The molecule has 1 aliphatic heterocycles. The number of carbonyl (C=O) groups is 2. The maximum Gasteiger partial charge on any atom is 0.300 e. The Hall–Kier alpha value is 0.250. The molecular formula is C46H106O6S5. The summed E-state index contributed by atoms with van der Waals surface area (Å²) in [6, 6.07) is 0. The van der Waals surface area contributed by atoms with Crippen molar-refractivity contribution in [3.8, 4) is 0 Å². The molecule has 0 amide bonds. The molecule has 11 heteroatoms. The molecule has 3 fully saturated rings. The Bertz CT molecular complexity index is 798. The van der Waals surface area contributed by atoms with Crippen molar-refractivity contribution >= 4 is 79.2 Å². The molecule has 0 aromatic heterocycles. The fourth-order valence-electron chi connectivity index (χ4n) is 3.35. The molecule has 2 unspecified atom stereocenters. The average molecular weight is 916 g/mol. The Morgan fingerprint density at radius 3 is 0.912 bits per heavy atom. The number of hydrogen-bond donors (Lipinski definition) is 2. The van der Waals surface area contributed by atoms with E-state index in [1.807, 2.05) is 60.6 Å². The summed E-state index contributed by atoms with van der Waals surface area (Å²) in [6.07, 6.45) is 12.6. The average Bonchev–Trinajstić information content (AvgIpc) is 3.97. The minimum absolute atomic E-state index is 0. The van der Waals surface area contributed by atoms with Gasteiger partial charge in [0.15, 0.2) is 0 Å². The highest BCUT2D eigenvalue weighted by Gasteiger charge is 2.36. The molecule has 3 aliphatic rings. The SMILES string of the molecule is CC(=O)C(C)C.CC(=O)O.CC(C)C1C[C@@H]1C.CC(C)C1O[C@@H]1C.CC(C)[C@H](C)O.CC=CC.CC=CC(C)C.CO[C@@H](C)C(C)C.C[C@@H]1C[C@@H]1C.S.S.S.S.S. The number of carbonyl (C=O) groups excluding carboxylic acids is 1. The third-order valence-electron chi connectivity index (χ3n) is 8.95. The molecule has 2 aliphatic carbocycles. The second-order valence-corrected chi connectivity index (χ2v) is 16.8.